The second-order valence-electron chi connectivity index (χ2n) is 10.2. The molecule has 18 N–H and O–H groups in total. The minimum absolute atomic E-state index is 0. The molecule has 0 aliphatic rings. The van der Waals surface area contributed by atoms with Gasteiger partial charge in [-0.25, -0.2) is 19.9 Å². The number of carboxylic acid groups (broad SMARTS) is 4. The van der Waals surface area contributed by atoms with Gasteiger partial charge < -0.3 is 108 Å². The van der Waals surface area contributed by atoms with Gasteiger partial charge in [-0.15, -0.1) is 0 Å². The molecule has 6 aromatic rings. The number of rotatable bonds is 10. The zero-order chi connectivity index (χ0) is 41.0. The van der Waals surface area contributed by atoms with Crippen LogP contribution in [0.25, 0.3) is 22.8 Å². The maximum Gasteiger partial charge on any atom is 2.00 e. The molecule has 0 aromatic carbocycles. The summed E-state index contributed by atoms with van der Waals surface area (Å²) in [6.45, 7) is 0. The minimum Gasteiger partial charge on any atom is -0.543 e. The second-order valence-corrected chi connectivity index (χ2v) is 10.2. The Morgan fingerprint density at radius 1 is 0.343 bits per heavy atom. The summed E-state index contributed by atoms with van der Waals surface area (Å²) in [7, 11) is 5.42. The van der Waals surface area contributed by atoms with E-state index in [-0.39, 0.29) is 152 Å². The molecule has 0 spiro atoms. The standard InChI is InChI=1S/2C14H12N2O6.2C5H5N.2Cu.9H2O/c2*1-21-9-5-3-7(13(17)18)15-11(9)12-10(22-2)6-4-8(16-12)14(19)20;2*1-2-4-6-5-3-1;;;;;;;;;;;/h2*3-6H,1-2H3,(H,17,18)(H,19,20);2*1-5H;;;9*1H2/q;;;;2*+2;;;;;;;;;/p-4. The van der Waals surface area contributed by atoms with Gasteiger partial charge >= 0.3 is 34.1 Å². The maximum absolute atomic E-state index is 10.9. The van der Waals surface area contributed by atoms with Crippen LogP contribution in [0.1, 0.15) is 42.0 Å². The third-order valence-corrected chi connectivity index (χ3v) is 6.73. The first kappa shape index (κ1) is 80.0. The molecule has 0 unspecified atom stereocenters. The number of pyridine rings is 6. The van der Waals surface area contributed by atoms with E-state index in [0.717, 1.165) is 0 Å². The average molecular weight is 1050 g/mol. The minimum atomic E-state index is -1.49. The number of carbonyl (C=O) groups is 4. The number of aromatic nitrogens is 6. The van der Waals surface area contributed by atoms with E-state index >= 15 is 0 Å². The quantitative estimate of drug-likeness (QED) is 0.115. The zero-order valence-electron chi connectivity index (χ0n) is 35.1. The van der Waals surface area contributed by atoms with Gasteiger partial charge in [0.25, 0.3) is 0 Å². The van der Waals surface area contributed by atoms with E-state index < -0.39 is 23.9 Å². The Morgan fingerprint density at radius 2 is 0.522 bits per heavy atom. The molecular weight excluding hydrogens is 1000 g/mol. The Kier molecular flexibility index (Phi) is 49.4. The van der Waals surface area contributed by atoms with Crippen LogP contribution in [0, 0.1) is 0 Å². The molecule has 0 aliphatic heterocycles. The van der Waals surface area contributed by atoms with E-state index in [1.165, 1.54) is 77.0 Å². The summed E-state index contributed by atoms with van der Waals surface area (Å²) in [5.74, 6) is -5.15. The molecule has 6 rings (SSSR count). The normalized spacial score (nSPS) is 8.06. The number of carbonyl (C=O) groups excluding carboxylic acids is 4. The molecule has 67 heavy (non-hydrogen) atoms. The van der Waals surface area contributed by atoms with Gasteiger partial charge in [-0.2, -0.15) is 0 Å². The molecule has 0 amide bonds. The summed E-state index contributed by atoms with van der Waals surface area (Å²) in [4.78, 5) is 66.9. The molecular formula is C38H48Cu2N6O21. The van der Waals surface area contributed by atoms with Gasteiger partial charge in [-0.3, -0.25) is 9.97 Å². The first-order valence-electron chi connectivity index (χ1n) is 15.7. The van der Waals surface area contributed by atoms with Gasteiger partial charge in [0.1, 0.15) is 45.8 Å². The van der Waals surface area contributed by atoms with E-state index in [2.05, 4.69) is 29.9 Å². The smallest absolute Gasteiger partial charge is 0.543 e. The van der Waals surface area contributed by atoms with E-state index in [9.17, 15) is 39.6 Å². The van der Waals surface area contributed by atoms with Crippen molar-refractivity contribution in [1.82, 2.24) is 29.9 Å². The van der Waals surface area contributed by atoms with Crippen molar-refractivity contribution >= 4 is 23.9 Å². The summed E-state index contributed by atoms with van der Waals surface area (Å²) in [5, 5.41) is 43.8. The molecule has 378 valence electrons. The molecule has 6 heterocycles. The molecule has 0 fully saturated rings. The first-order valence-corrected chi connectivity index (χ1v) is 15.7. The fourth-order valence-electron chi connectivity index (χ4n) is 4.20. The monoisotopic (exact) mass is 1050 g/mol. The largest absolute Gasteiger partial charge is 2.00 e. The van der Waals surface area contributed by atoms with Crippen molar-refractivity contribution in [2.75, 3.05) is 28.4 Å². The fourth-order valence-corrected chi connectivity index (χ4v) is 4.20. The van der Waals surface area contributed by atoms with Crippen LogP contribution in [-0.4, -0.2) is 132 Å². The van der Waals surface area contributed by atoms with Gasteiger partial charge in [0.15, 0.2) is 0 Å². The third kappa shape index (κ3) is 24.0. The van der Waals surface area contributed by atoms with Crippen LogP contribution in [0.2, 0.25) is 0 Å². The first-order chi connectivity index (χ1) is 26.9. The number of carboxylic acids is 4. The summed E-state index contributed by atoms with van der Waals surface area (Å²) >= 11 is 0. The molecule has 0 saturated carbocycles. The predicted molar refractivity (Wildman–Crippen MR) is 219 cm³/mol. The average Bonchev–Trinajstić information content (AvgIpc) is 3.24. The van der Waals surface area contributed by atoms with E-state index in [0.29, 0.717) is 0 Å². The molecule has 29 heteroatoms. The Labute approximate surface area is 401 Å². The van der Waals surface area contributed by atoms with Gasteiger partial charge in [0.2, 0.25) is 0 Å². The van der Waals surface area contributed by atoms with E-state index in [1.807, 2.05) is 36.4 Å². The van der Waals surface area contributed by atoms with Gasteiger partial charge in [-0.05, 0) is 72.8 Å². The van der Waals surface area contributed by atoms with E-state index in [4.69, 9.17) is 18.9 Å². The number of methoxy groups -OCH3 is 4. The summed E-state index contributed by atoms with van der Waals surface area (Å²) in [6, 6.07) is 21.7. The molecule has 0 aliphatic carbocycles. The Bertz CT molecular complexity index is 1930. The number of aromatic carboxylic acids is 4. The number of ether oxygens (including phenoxy) is 4. The molecule has 0 bridgehead atoms. The van der Waals surface area contributed by atoms with Crippen LogP contribution >= 0.6 is 0 Å². The Balaban J connectivity index is -0.000000101. The van der Waals surface area contributed by atoms with Crippen molar-refractivity contribution in [3.63, 3.8) is 0 Å². The summed E-state index contributed by atoms with van der Waals surface area (Å²) in [5.41, 5.74) is -1.32. The second kappa shape index (κ2) is 41.4. The van der Waals surface area contributed by atoms with Crippen molar-refractivity contribution in [1.29, 1.82) is 0 Å². The van der Waals surface area contributed by atoms with E-state index in [1.54, 1.807) is 24.8 Å². The molecule has 2 radical (unpaired) electrons. The molecule has 0 saturated heterocycles. The van der Waals surface area contributed by atoms with Crippen molar-refractivity contribution < 1.29 is 142 Å². The number of nitrogens with zero attached hydrogens (tertiary/aromatic N) is 6. The molecule has 27 nitrogen and oxygen atoms in total. The molecule has 6 aromatic heterocycles. The van der Waals surface area contributed by atoms with Crippen LogP contribution < -0.4 is 39.4 Å². The van der Waals surface area contributed by atoms with Gasteiger partial charge in [0, 0.05) is 24.8 Å². The number of hydrogen-bond donors (Lipinski definition) is 0. The van der Waals surface area contributed by atoms with Crippen molar-refractivity contribution in [3.05, 3.63) is 132 Å². The number of hydrogen-bond acceptors (Lipinski definition) is 18. The summed E-state index contributed by atoms with van der Waals surface area (Å²) < 4.78 is 20.4. The summed E-state index contributed by atoms with van der Waals surface area (Å²) in [6.07, 6.45) is 7.00. The Hall–Kier alpha value is -7.34. The zero-order valence-corrected chi connectivity index (χ0v) is 37.0. The Morgan fingerprint density at radius 3 is 0.627 bits per heavy atom. The molecule has 0 atom stereocenters. The fraction of sp³-hybridized carbons (Fsp3) is 0.105. The SMILES string of the molecule is COc1ccc(C(=O)[O-])nc1-c1nc(C(=O)[O-])ccc1OC.COc1ccc(C(=O)[O-])nc1-c1nc(C(=O)[O-])ccc1OC.O.O.O.O.O.O.O.O.O.[Cu+2].[Cu+2].c1ccncc1.c1ccncc1. The maximum atomic E-state index is 10.9. The van der Waals surface area contributed by atoms with Crippen LogP contribution in [-0.2, 0) is 34.1 Å². The predicted octanol–water partition coefficient (Wildman–Crippen LogP) is -7.49. The van der Waals surface area contributed by atoms with Gasteiger partial charge in [0.05, 0.1) is 75.1 Å². The van der Waals surface area contributed by atoms with Crippen LogP contribution in [0.5, 0.6) is 23.0 Å². The third-order valence-electron chi connectivity index (χ3n) is 6.73. The van der Waals surface area contributed by atoms with Crippen molar-refractivity contribution in [3.8, 4) is 45.8 Å². The van der Waals surface area contributed by atoms with Crippen molar-refractivity contribution in [2.45, 2.75) is 0 Å². The van der Waals surface area contributed by atoms with Crippen LogP contribution in [0.4, 0.5) is 0 Å². The van der Waals surface area contributed by atoms with Gasteiger partial charge in [-0.1, -0.05) is 12.1 Å². The topological polar surface area (TPSA) is 558 Å². The van der Waals surface area contributed by atoms with Crippen molar-refractivity contribution in [2.24, 2.45) is 0 Å². The van der Waals surface area contributed by atoms with Crippen LogP contribution in [0.3, 0.4) is 0 Å². The van der Waals surface area contributed by atoms with Crippen LogP contribution in [0.15, 0.2) is 110 Å².